The maximum atomic E-state index is 2.43. The van der Waals surface area contributed by atoms with Crippen molar-refractivity contribution in [3.8, 4) is 33.4 Å². The summed E-state index contributed by atoms with van der Waals surface area (Å²) < 4.78 is 0. The molecule has 1 aliphatic carbocycles. The largest absolute Gasteiger partial charge is 0.310 e. The lowest BCUT2D eigenvalue weighted by Crippen LogP contribution is -2.17. The molecule has 44 heavy (non-hydrogen) atoms. The Labute approximate surface area is 259 Å². The molecule has 1 aliphatic rings. The molecule has 0 heterocycles. The predicted octanol–water partition coefficient (Wildman–Crippen LogP) is 11.9. The standard InChI is InChI=1S/C43H33N/c1-43(2)41-23-12-11-22-38(41)40-29-37(28-39(42(40)43)32-17-7-4-8-18-32)44(36-25-24-31-16-9-10-19-33(31)27-36)35-21-13-20-34(26-35)30-14-5-3-6-15-30/h3-29H,1-2H3. The van der Waals surface area contributed by atoms with E-state index in [1.165, 1.54) is 55.3 Å². The van der Waals surface area contributed by atoms with Gasteiger partial charge in [-0.15, -0.1) is 0 Å². The van der Waals surface area contributed by atoms with Crippen molar-refractivity contribution < 1.29 is 0 Å². The van der Waals surface area contributed by atoms with Crippen LogP contribution < -0.4 is 4.90 Å². The number of hydrogen-bond donors (Lipinski definition) is 0. The molecule has 1 heteroatoms. The summed E-state index contributed by atoms with van der Waals surface area (Å²) in [6, 6.07) is 59.6. The highest BCUT2D eigenvalue weighted by Crippen LogP contribution is 2.54. The van der Waals surface area contributed by atoms with Crippen LogP contribution in [0.4, 0.5) is 17.1 Å². The molecule has 7 aromatic carbocycles. The van der Waals surface area contributed by atoms with Crippen molar-refractivity contribution in [1.29, 1.82) is 0 Å². The summed E-state index contributed by atoms with van der Waals surface area (Å²) in [5.74, 6) is 0. The van der Waals surface area contributed by atoms with Crippen LogP contribution in [0.2, 0.25) is 0 Å². The molecule has 0 saturated carbocycles. The van der Waals surface area contributed by atoms with Crippen molar-refractivity contribution in [1.82, 2.24) is 0 Å². The Balaban J connectivity index is 1.42. The topological polar surface area (TPSA) is 3.24 Å². The molecule has 8 rings (SSSR count). The molecule has 0 fully saturated rings. The molecule has 1 nitrogen and oxygen atoms in total. The van der Waals surface area contributed by atoms with Gasteiger partial charge in [0.05, 0.1) is 0 Å². The second-order valence-electron chi connectivity index (χ2n) is 12.2. The van der Waals surface area contributed by atoms with Gasteiger partial charge in [0, 0.05) is 22.5 Å². The normalized spacial score (nSPS) is 13.0. The summed E-state index contributed by atoms with van der Waals surface area (Å²) in [5.41, 5.74) is 13.6. The van der Waals surface area contributed by atoms with Gasteiger partial charge >= 0.3 is 0 Å². The Morgan fingerprint density at radius 1 is 0.386 bits per heavy atom. The molecule has 0 spiro atoms. The molecule has 0 saturated heterocycles. The molecule has 0 aliphatic heterocycles. The summed E-state index contributed by atoms with van der Waals surface area (Å²) >= 11 is 0. The van der Waals surface area contributed by atoms with E-state index in [0.717, 1.165) is 17.1 Å². The summed E-state index contributed by atoms with van der Waals surface area (Å²) in [4.78, 5) is 2.43. The van der Waals surface area contributed by atoms with E-state index in [2.05, 4.69) is 183 Å². The number of anilines is 3. The zero-order chi connectivity index (χ0) is 29.7. The van der Waals surface area contributed by atoms with Gasteiger partial charge in [-0.25, -0.2) is 0 Å². The summed E-state index contributed by atoms with van der Waals surface area (Å²) in [5, 5.41) is 2.47. The van der Waals surface area contributed by atoms with Crippen molar-refractivity contribution in [2.24, 2.45) is 0 Å². The molecule has 0 radical (unpaired) electrons. The lowest BCUT2D eigenvalue weighted by Gasteiger charge is -2.30. The Bertz CT molecular complexity index is 2140. The van der Waals surface area contributed by atoms with Gasteiger partial charge in [0.1, 0.15) is 0 Å². The number of rotatable bonds is 5. The van der Waals surface area contributed by atoms with Crippen LogP contribution in [0.25, 0.3) is 44.2 Å². The van der Waals surface area contributed by atoms with Gasteiger partial charge in [-0.2, -0.15) is 0 Å². The van der Waals surface area contributed by atoms with Crippen molar-refractivity contribution >= 4 is 27.8 Å². The third-order valence-corrected chi connectivity index (χ3v) is 9.18. The third kappa shape index (κ3) is 4.32. The Morgan fingerprint density at radius 2 is 1.00 bits per heavy atom. The second-order valence-corrected chi connectivity index (χ2v) is 12.2. The first-order valence-electron chi connectivity index (χ1n) is 15.4. The number of fused-ring (bicyclic) bond motifs is 4. The highest BCUT2D eigenvalue weighted by molar-refractivity contribution is 5.95. The van der Waals surface area contributed by atoms with Crippen molar-refractivity contribution in [2.45, 2.75) is 19.3 Å². The van der Waals surface area contributed by atoms with E-state index in [1.807, 2.05) is 0 Å². The molecule has 7 aromatic rings. The minimum atomic E-state index is -0.114. The SMILES string of the molecule is CC1(C)c2ccccc2-c2cc(N(c3cccc(-c4ccccc4)c3)c3ccc4ccccc4c3)cc(-c3ccccc3)c21. The second kappa shape index (κ2) is 10.4. The summed E-state index contributed by atoms with van der Waals surface area (Å²) in [7, 11) is 0. The first kappa shape index (κ1) is 26.2. The smallest absolute Gasteiger partial charge is 0.0474 e. The number of nitrogens with zero attached hydrogens (tertiary/aromatic N) is 1. The quantitative estimate of drug-likeness (QED) is 0.201. The molecule has 0 N–H and O–H groups in total. The van der Waals surface area contributed by atoms with Crippen molar-refractivity contribution in [3.63, 3.8) is 0 Å². The van der Waals surface area contributed by atoms with Gasteiger partial charge in [0.2, 0.25) is 0 Å². The molecule has 0 aromatic heterocycles. The Morgan fingerprint density at radius 3 is 1.80 bits per heavy atom. The zero-order valence-electron chi connectivity index (χ0n) is 25.0. The van der Waals surface area contributed by atoms with Gasteiger partial charge in [-0.3, -0.25) is 0 Å². The average molecular weight is 564 g/mol. The van der Waals surface area contributed by atoms with Crippen LogP contribution in [-0.4, -0.2) is 0 Å². The van der Waals surface area contributed by atoms with E-state index in [1.54, 1.807) is 0 Å². The van der Waals surface area contributed by atoms with E-state index in [9.17, 15) is 0 Å². The van der Waals surface area contributed by atoms with Crippen LogP contribution in [0.5, 0.6) is 0 Å². The molecule has 0 unspecified atom stereocenters. The maximum absolute atomic E-state index is 2.43. The minimum Gasteiger partial charge on any atom is -0.310 e. The van der Waals surface area contributed by atoms with Crippen molar-refractivity contribution in [2.75, 3.05) is 4.90 Å². The molecule has 0 atom stereocenters. The first-order valence-corrected chi connectivity index (χ1v) is 15.4. The van der Waals surface area contributed by atoms with E-state index < -0.39 is 0 Å². The Kier molecular flexibility index (Phi) is 6.20. The molecule has 0 amide bonds. The Hall–Kier alpha value is -5.40. The van der Waals surface area contributed by atoms with E-state index in [4.69, 9.17) is 0 Å². The number of hydrogen-bond acceptors (Lipinski definition) is 1. The van der Waals surface area contributed by atoms with Crippen LogP contribution in [0.15, 0.2) is 164 Å². The van der Waals surface area contributed by atoms with E-state index >= 15 is 0 Å². The van der Waals surface area contributed by atoms with Gasteiger partial charge in [0.15, 0.2) is 0 Å². The fourth-order valence-corrected chi connectivity index (χ4v) is 7.10. The van der Waals surface area contributed by atoms with Crippen LogP contribution in [0.3, 0.4) is 0 Å². The molecule has 0 bridgehead atoms. The summed E-state index contributed by atoms with van der Waals surface area (Å²) in [6.07, 6.45) is 0. The maximum Gasteiger partial charge on any atom is 0.0474 e. The molecule has 210 valence electrons. The van der Waals surface area contributed by atoms with Crippen LogP contribution >= 0.6 is 0 Å². The summed E-state index contributed by atoms with van der Waals surface area (Å²) in [6.45, 7) is 4.74. The van der Waals surface area contributed by atoms with Gasteiger partial charge < -0.3 is 4.90 Å². The van der Waals surface area contributed by atoms with Gasteiger partial charge in [-0.1, -0.05) is 141 Å². The highest BCUT2D eigenvalue weighted by atomic mass is 15.1. The van der Waals surface area contributed by atoms with Crippen LogP contribution in [0.1, 0.15) is 25.0 Å². The zero-order valence-corrected chi connectivity index (χ0v) is 25.0. The first-order chi connectivity index (χ1) is 21.6. The lowest BCUT2D eigenvalue weighted by atomic mass is 9.78. The highest BCUT2D eigenvalue weighted by Gasteiger charge is 2.38. The van der Waals surface area contributed by atoms with E-state index in [0.29, 0.717) is 0 Å². The molecular formula is C43H33N. The predicted molar refractivity (Wildman–Crippen MR) is 187 cm³/mol. The average Bonchev–Trinajstić information content (AvgIpc) is 3.32. The van der Waals surface area contributed by atoms with E-state index in [-0.39, 0.29) is 5.41 Å². The fourth-order valence-electron chi connectivity index (χ4n) is 7.10. The fraction of sp³-hybridized carbons (Fsp3) is 0.0698. The van der Waals surface area contributed by atoms with Gasteiger partial charge in [-0.05, 0) is 91.7 Å². The van der Waals surface area contributed by atoms with Crippen LogP contribution in [0, 0.1) is 0 Å². The molecular weight excluding hydrogens is 530 g/mol. The third-order valence-electron chi connectivity index (χ3n) is 9.18. The van der Waals surface area contributed by atoms with Crippen LogP contribution in [-0.2, 0) is 5.41 Å². The monoisotopic (exact) mass is 563 g/mol. The van der Waals surface area contributed by atoms with Gasteiger partial charge in [0.25, 0.3) is 0 Å². The minimum absolute atomic E-state index is 0.114. The lowest BCUT2D eigenvalue weighted by molar-refractivity contribution is 0.662. The number of benzene rings is 7. The van der Waals surface area contributed by atoms with Crippen molar-refractivity contribution in [3.05, 3.63) is 175 Å².